The molecule has 0 aliphatic carbocycles. The van der Waals surface area contributed by atoms with Crippen molar-refractivity contribution in [3.8, 4) is 0 Å². The number of benzene rings is 2. The first-order valence-electron chi connectivity index (χ1n) is 12.4. The van der Waals surface area contributed by atoms with Crippen LogP contribution in [-0.4, -0.2) is 41.9 Å². The molecule has 0 spiro atoms. The lowest BCUT2D eigenvalue weighted by Gasteiger charge is -2.32. The van der Waals surface area contributed by atoms with E-state index in [1.165, 1.54) is 54.8 Å². The first-order chi connectivity index (χ1) is 15.5. The van der Waals surface area contributed by atoms with Crippen LogP contribution in [0.15, 0.2) is 48.5 Å². The predicted octanol–water partition coefficient (Wildman–Crippen LogP) is 5.47. The highest BCUT2D eigenvalue weighted by Crippen LogP contribution is 2.23. The number of likely N-dealkylation sites (tertiary alicyclic amines) is 2. The third-order valence-corrected chi connectivity index (χ3v) is 7.20. The number of hydrogen-bond donors (Lipinski definition) is 0. The molecule has 2 fully saturated rings. The Kier molecular flexibility index (Phi) is 7.96. The molecule has 0 aromatic heterocycles. The van der Waals surface area contributed by atoms with Crippen LogP contribution in [0.25, 0.3) is 0 Å². The van der Waals surface area contributed by atoms with Gasteiger partial charge in [-0.1, -0.05) is 43.3 Å². The van der Waals surface area contributed by atoms with Crippen molar-refractivity contribution in [2.75, 3.05) is 26.2 Å². The minimum Gasteiger partial charge on any atom is -0.343 e. The van der Waals surface area contributed by atoms with Crippen LogP contribution in [0, 0.1) is 17.7 Å². The van der Waals surface area contributed by atoms with Crippen molar-refractivity contribution in [3.05, 3.63) is 71.0 Å². The summed E-state index contributed by atoms with van der Waals surface area (Å²) in [6.07, 6.45) is 7.12. The molecule has 0 bridgehead atoms. The SMILES string of the molecule is C[C@@H]1CCCN(Cc2ccc(CCC(=O)N3CCC(Cc4ccc(F)cc4)CC3)cc2)C1. The van der Waals surface area contributed by atoms with Gasteiger partial charge in [0.15, 0.2) is 0 Å². The van der Waals surface area contributed by atoms with Gasteiger partial charge in [0.1, 0.15) is 5.82 Å². The van der Waals surface area contributed by atoms with Crippen LogP contribution in [0.3, 0.4) is 0 Å². The molecule has 4 heteroatoms. The summed E-state index contributed by atoms with van der Waals surface area (Å²) in [7, 11) is 0. The van der Waals surface area contributed by atoms with Crippen molar-refractivity contribution < 1.29 is 9.18 Å². The van der Waals surface area contributed by atoms with Crippen LogP contribution in [0.1, 0.15) is 55.7 Å². The largest absolute Gasteiger partial charge is 0.343 e. The highest BCUT2D eigenvalue weighted by atomic mass is 19.1. The Morgan fingerprint density at radius 1 is 0.906 bits per heavy atom. The van der Waals surface area contributed by atoms with E-state index in [1.807, 2.05) is 17.0 Å². The monoisotopic (exact) mass is 436 g/mol. The minimum atomic E-state index is -0.180. The lowest BCUT2D eigenvalue weighted by atomic mass is 9.90. The molecule has 172 valence electrons. The van der Waals surface area contributed by atoms with E-state index in [1.54, 1.807) is 0 Å². The third-order valence-electron chi connectivity index (χ3n) is 7.20. The van der Waals surface area contributed by atoms with Crippen molar-refractivity contribution >= 4 is 5.91 Å². The van der Waals surface area contributed by atoms with E-state index in [0.29, 0.717) is 12.3 Å². The van der Waals surface area contributed by atoms with Gasteiger partial charge in [-0.05, 0) is 85.7 Å². The summed E-state index contributed by atoms with van der Waals surface area (Å²) in [5.41, 5.74) is 3.81. The first-order valence-corrected chi connectivity index (χ1v) is 12.4. The quantitative estimate of drug-likeness (QED) is 0.574. The van der Waals surface area contributed by atoms with Gasteiger partial charge in [-0.2, -0.15) is 0 Å². The number of rotatable bonds is 7. The van der Waals surface area contributed by atoms with Crippen LogP contribution >= 0.6 is 0 Å². The van der Waals surface area contributed by atoms with Crippen molar-refractivity contribution in [3.63, 3.8) is 0 Å². The van der Waals surface area contributed by atoms with E-state index in [4.69, 9.17) is 0 Å². The van der Waals surface area contributed by atoms with E-state index in [9.17, 15) is 9.18 Å². The zero-order valence-electron chi connectivity index (χ0n) is 19.4. The fraction of sp³-hybridized carbons (Fsp3) is 0.536. The average molecular weight is 437 g/mol. The number of hydrogen-bond acceptors (Lipinski definition) is 2. The van der Waals surface area contributed by atoms with Crippen LogP contribution in [0.5, 0.6) is 0 Å². The Morgan fingerprint density at radius 3 is 2.25 bits per heavy atom. The summed E-state index contributed by atoms with van der Waals surface area (Å²) in [5.74, 6) is 1.49. The summed E-state index contributed by atoms with van der Waals surface area (Å²) in [6, 6.07) is 15.7. The van der Waals surface area contributed by atoms with E-state index >= 15 is 0 Å². The second kappa shape index (κ2) is 11.1. The summed E-state index contributed by atoms with van der Waals surface area (Å²) in [4.78, 5) is 17.3. The number of amides is 1. The van der Waals surface area contributed by atoms with Crippen molar-refractivity contribution in [1.29, 1.82) is 0 Å². The molecule has 0 N–H and O–H groups in total. The number of nitrogens with zero attached hydrogens (tertiary/aromatic N) is 2. The number of piperidine rings is 2. The molecule has 1 atom stereocenters. The highest BCUT2D eigenvalue weighted by Gasteiger charge is 2.23. The molecule has 0 radical (unpaired) electrons. The van der Waals surface area contributed by atoms with E-state index in [0.717, 1.165) is 51.2 Å². The average Bonchev–Trinajstić information content (AvgIpc) is 2.80. The van der Waals surface area contributed by atoms with Crippen LogP contribution in [-0.2, 0) is 24.2 Å². The number of carbonyl (C=O) groups is 1. The van der Waals surface area contributed by atoms with E-state index in [-0.39, 0.29) is 11.7 Å². The van der Waals surface area contributed by atoms with E-state index in [2.05, 4.69) is 36.1 Å². The zero-order valence-corrected chi connectivity index (χ0v) is 19.4. The standard InChI is InChI=1S/C28H37FN2O/c1-22-3-2-16-30(20-22)21-26-6-4-23(5-7-26)10-13-28(32)31-17-14-25(15-18-31)19-24-8-11-27(29)12-9-24/h4-9,11-12,22,25H,2-3,10,13-21H2,1H3/t22-/m1/s1. The molecule has 2 aromatic carbocycles. The van der Waals surface area contributed by atoms with Gasteiger partial charge in [-0.15, -0.1) is 0 Å². The second-order valence-corrected chi connectivity index (χ2v) is 9.95. The van der Waals surface area contributed by atoms with Gasteiger partial charge in [0, 0.05) is 32.6 Å². The Labute approximate surface area is 192 Å². The Bertz CT molecular complexity index is 856. The van der Waals surface area contributed by atoms with E-state index < -0.39 is 0 Å². The van der Waals surface area contributed by atoms with Gasteiger partial charge in [-0.25, -0.2) is 4.39 Å². The molecule has 32 heavy (non-hydrogen) atoms. The first kappa shape index (κ1) is 23.0. The Hall–Kier alpha value is -2.20. The molecule has 2 aromatic rings. The number of carbonyl (C=O) groups excluding carboxylic acids is 1. The fourth-order valence-electron chi connectivity index (χ4n) is 5.25. The maximum absolute atomic E-state index is 13.1. The Morgan fingerprint density at radius 2 is 1.56 bits per heavy atom. The van der Waals surface area contributed by atoms with Gasteiger partial charge < -0.3 is 4.90 Å². The lowest BCUT2D eigenvalue weighted by Crippen LogP contribution is -2.39. The molecular formula is C28H37FN2O. The smallest absolute Gasteiger partial charge is 0.222 e. The molecule has 2 aliphatic rings. The summed E-state index contributed by atoms with van der Waals surface area (Å²) in [6.45, 7) is 7.49. The van der Waals surface area contributed by atoms with Gasteiger partial charge in [0.25, 0.3) is 0 Å². The van der Waals surface area contributed by atoms with Crippen molar-refractivity contribution in [2.24, 2.45) is 11.8 Å². The van der Waals surface area contributed by atoms with Gasteiger partial charge in [0.05, 0.1) is 0 Å². The molecule has 2 saturated heterocycles. The molecule has 2 heterocycles. The van der Waals surface area contributed by atoms with Gasteiger partial charge in [0.2, 0.25) is 5.91 Å². The van der Waals surface area contributed by atoms with Crippen LogP contribution in [0.4, 0.5) is 4.39 Å². The third kappa shape index (κ3) is 6.65. The Balaban J connectivity index is 1.17. The zero-order chi connectivity index (χ0) is 22.3. The van der Waals surface area contributed by atoms with Crippen LogP contribution in [0.2, 0.25) is 0 Å². The van der Waals surface area contributed by atoms with Crippen LogP contribution < -0.4 is 0 Å². The van der Waals surface area contributed by atoms with Crippen molar-refractivity contribution in [2.45, 2.75) is 58.4 Å². The lowest BCUT2D eigenvalue weighted by molar-refractivity contribution is -0.132. The molecule has 1 amide bonds. The van der Waals surface area contributed by atoms with Crippen molar-refractivity contribution in [1.82, 2.24) is 9.80 Å². The highest BCUT2D eigenvalue weighted by molar-refractivity contribution is 5.76. The number of halogens is 1. The maximum Gasteiger partial charge on any atom is 0.222 e. The fourth-order valence-corrected chi connectivity index (χ4v) is 5.25. The number of aryl methyl sites for hydroxylation is 1. The summed E-state index contributed by atoms with van der Waals surface area (Å²) < 4.78 is 13.1. The topological polar surface area (TPSA) is 23.6 Å². The molecule has 3 nitrogen and oxygen atoms in total. The minimum absolute atomic E-state index is 0.180. The van der Waals surface area contributed by atoms with Gasteiger partial charge >= 0.3 is 0 Å². The molecule has 2 aliphatic heterocycles. The maximum atomic E-state index is 13.1. The molecule has 0 saturated carbocycles. The van der Waals surface area contributed by atoms with Gasteiger partial charge in [-0.3, -0.25) is 9.69 Å². The molecule has 4 rings (SSSR count). The predicted molar refractivity (Wildman–Crippen MR) is 128 cm³/mol. The summed E-state index contributed by atoms with van der Waals surface area (Å²) in [5, 5.41) is 0. The normalized spacial score (nSPS) is 20.4. The molecule has 0 unspecified atom stereocenters. The molecular weight excluding hydrogens is 399 g/mol. The second-order valence-electron chi connectivity index (χ2n) is 9.95. The summed E-state index contributed by atoms with van der Waals surface area (Å²) >= 11 is 0.